The first-order valence-corrected chi connectivity index (χ1v) is 27.4. The zero-order chi connectivity index (χ0) is 44.5. The molecule has 0 amide bonds. The van der Waals surface area contributed by atoms with E-state index in [0.717, 1.165) is 63.7 Å². The first kappa shape index (κ1) is 59.4. The second-order valence-corrected chi connectivity index (χ2v) is 19.3. The van der Waals surface area contributed by atoms with Gasteiger partial charge in [0.05, 0.1) is 0 Å². The van der Waals surface area contributed by atoms with Gasteiger partial charge in [0, 0.05) is 19.3 Å². The lowest BCUT2D eigenvalue weighted by molar-refractivity contribution is -0.167. The van der Waals surface area contributed by atoms with Gasteiger partial charge in [-0.1, -0.05) is 272 Å². The number of carbonyl (C=O) groups is 3. The van der Waals surface area contributed by atoms with Crippen LogP contribution in [0.2, 0.25) is 0 Å². The molecule has 0 heterocycles. The third kappa shape index (κ3) is 49.3. The van der Waals surface area contributed by atoms with Crippen molar-refractivity contribution >= 4 is 17.9 Å². The predicted molar refractivity (Wildman–Crippen MR) is 261 cm³/mol. The van der Waals surface area contributed by atoms with Crippen LogP contribution in [-0.2, 0) is 28.6 Å². The fourth-order valence-corrected chi connectivity index (χ4v) is 8.39. The van der Waals surface area contributed by atoms with Crippen molar-refractivity contribution in [3.8, 4) is 0 Å². The first-order chi connectivity index (χ1) is 29.9. The maximum absolute atomic E-state index is 12.8. The number of hydrogen-bond donors (Lipinski definition) is 0. The molecule has 0 aromatic carbocycles. The SMILES string of the molecule is CCCCCCCCCCCCCCCCCC(=O)O[C@H](COC(=O)CCCCCCCCCCCCCC)COC(=O)CCCCCCCCCCCCCCCC(C)C. The van der Waals surface area contributed by atoms with Crippen LogP contribution >= 0.6 is 0 Å². The van der Waals surface area contributed by atoms with Crippen molar-refractivity contribution in [2.45, 2.75) is 316 Å². The van der Waals surface area contributed by atoms with Crippen LogP contribution in [0.3, 0.4) is 0 Å². The largest absolute Gasteiger partial charge is 0.462 e. The Morgan fingerprint density at radius 1 is 0.311 bits per heavy atom. The number of rotatable bonds is 50. The molecule has 0 aliphatic rings. The van der Waals surface area contributed by atoms with Gasteiger partial charge >= 0.3 is 17.9 Å². The molecule has 362 valence electrons. The Hall–Kier alpha value is -1.59. The Bertz CT molecular complexity index is 918. The van der Waals surface area contributed by atoms with E-state index < -0.39 is 6.10 Å². The summed E-state index contributed by atoms with van der Waals surface area (Å²) in [4.78, 5) is 38.0. The summed E-state index contributed by atoms with van der Waals surface area (Å²) >= 11 is 0. The van der Waals surface area contributed by atoms with E-state index in [2.05, 4.69) is 27.7 Å². The minimum Gasteiger partial charge on any atom is -0.462 e. The van der Waals surface area contributed by atoms with Gasteiger partial charge in [0.2, 0.25) is 0 Å². The molecule has 0 saturated heterocycles. The van der Waals surface area contributed by atoms with E-state index in [0.29, 0.717) is 19.3 Å². The van der Waals surface area contributed by atoms with Gasteiger partial charge in [-0.3, -0.25) is 14.4 Å². The molecule has 0 radical (unpaired) electrons. The Labute approximate surface area is 380 Å². The van der Waals surface area contributed by atoms with E-state index in [1.165, 1.54) is 205 Å². The van der Waals surface area contributed by atoms with Crippen LogP contribution in [-0.4, -0.2) is 37.2 Å². The Morgan fingerprint density at radius 2 is 0.541 bits per heavy atom. The molecule has 1 atom stereocenters. The molecule has 0 unspecified atom stereocenters. The van der Waals surface area contributed by atoms with Crippen molar-refractivity contribution < 1.29 is 28.6 Å². The fraction of sp³-hybridized carbons (Fsp3) is 0.945. The van der Waals surface area contributed by atoms with Crippen molar-refractivity contribution in [2.24, 2.45) is 5.92 Å². The molecule has 0 fully saturated rings. The summed E-state index contributed by atoms with van der Waals surface area (Å²) in [5.74, 6) is 0.000429. The third-order valence-electron chi connectivity index (χ3n) is 12.5. The monoisotopic (exact) mass is 863 g/mol. The van der Waals surface area contributed by atoms with Crippen molar-refractivity contribution in [3.05, 3.63) is 0 Å². The van der Waals surface area contributed by atoms with Gasteiger partial charge in [0.25, 0.3) is 0 Å². The first-order valence-electron chi connectivity index (χ1n) is 27.4. The van der Waals surface area contributed by atoms with E-state index >= 15 is 0 Å². The molecule has 6 heteroatoms. The van der Waals surface area contributed by atoms with Gasteiger partial charge in [-0.2, -0.15) is 0 Å². The number of esters is 3. The quantitative estimate of drug-likeness (QED) is 0.0344. The maximum atomic E-state index is 12.8. The van der Waals surface area contributed by atoms with Gasteiger partial charge in [0.15, 0.2) is 6.10 Å². The molecule has 0 saturated carbocycles. The van der Waals surface area contributed by atoms with Crippen LogP contribution in [0.15, 0.2) is 0 Å². The smallest absolute Gasteiger partial charge is 0.306 e. The summed E-state index contributed by atoms with van der Waals surface area (Å²) < 4.78 is 16.8. The van der Waals surface area contributed by atoms with Crippen molar-refractivity contribution in [1.82, 2.24) is 0 Å². The zero-order valence-electron chi connectivity index (χ0n) is 41.6. The summed E-state index contributed by atoms with van der Waals surface area (Å²) in [7, 11) is 0. The predicted octanol–water partition coefficient (Wildman–Crippen LogP) is 17.8. The van der Waals surface area contributed by atoms with E-state index in [9.17, 15) is 14.4 Å². The summed E-state index contributed by atoms with van der Waals surface area (Å²) in [6.45, 7) is 9.05. The second kappa shape index (κ2) is 49.4. The van der Waals surface area contributed by atoms with Crippen LogP contribution in [0, 0.1) is 5.92 Å². The topological polar surface area (TPSA) is 78.9 Å². The number of hydrogen-bond acceptors (Lipinski definition) is 6. The van der Waals surface area contributed by atoms with Crippen LogP contribution < -0.4 is 0 Å². The highest BCUT2D eigenvalue weighted by atomic mass is 16.6. The summed E-state index contributed by atoms with van der Waals surface area (Å²) in [6, 6.07) is 0. The fourth-order valence-electron chi connectivity index (χ4n) is 8.39. The van der Waals surface area contributed by atoms with Crippen LogP contribution in [0.1, 0.15) is 310 Å². The lowest BCUT2D eigenvalue weighted by Crippen LogP contribution is -2.30. The molecule has 61 heavy (non-hydrogen) atoms. The van der Waals surface area contributed by atoms with Gasteiger partial charge in [-0.25, -0.2) is 0 Å². The average molecular weight is 863 g/mol. The van der Waals surface area contributed by atoms with Crippen molar-refractivity contribution in [2.75, 3.05) is 13.2 Å². The molecule has 0 aliphatic carbocycles. The van der Waals surface area contributed by atoms with E-state index in [1.807, 2.05) is 0 Å². The Balaban J connectivity index is 4.29. The Morgan fingerprint density at radius 3 is 0.803 bits per heavy atom. The van der Waals surface area contributed by atoms with Crippen LogP contribution in [0.5, 0.6) is 0 Å². The summed E-state index contributed by atoms with van der Waals surface area (Å²) in [5.41, 5.74) is 0. The maximum Gasteiger partial charge on any atom is 0.306 e. The Kier molecular flexibility index (Phi) is 48.1. The second-order valence-electron chi connectivity index (χ2n) is 19.3. The van der Waals surface area contributed by atoms with Gasteiger partial charge < -0.3 is 14.2 Å². The molecule has 0 spiro atoms. The number of unbranched alkanes of at least 4 members (excludes halogenated alkanes) is 37. The van der Waals surface area contributed by atoms with Crippen molar-refractivity contribution in [1.29, 1.82) is 0 Å². The van der Waals surface area contributed by atoms with Crippen LogP contribution in [0.25, 0.3) is 0 Å². The number of ether oxygens (including phenoxy) is 3. The molecule has 0 N–H and O–H groups in total. The molecule has 0 aromatic heterocycles. The molecule has 0 aromatic rings. The van der Waals surface area contributed by atoms with E-state index in [4.69, 9.17) is 14.2 Å². The number of carbonyl (C=O) groups excluding carboxylic acids is 3. The summed E-state index contributed by atoms with van der Waals surface area (Å²) in [5, 5.41) is 0. The lowest BCUT2D eigenvalue weighted by atomic mass is 10.0. The molecule has 0 bridgehead atoms. The van der Waals surface area contributed by atoms with E-state index in [1.54, 1.807) is 0 Å². The highest BCUT2D eigenvalue weighted by Gasteiger charge is 2.19. The van der Waals surface area contributed by atoms with E-state index in [-0.39, 0.29) is 31.1 Å². The van der Waals surface area contributed by atoms with Gasteiger partial charge in [-0.15, -0.1) is 0 Å². The molecule has 6 nitrogen and oxygen atoms in total. The molecular formula is C55H106O6. The average Bonchev–Trinajstić information content (AvgIpc) is 3.24. The minimum absolute atomic E-state index is 0.0622. The van der Waals surface area contributed by atoms with Gasteiger partial charge in [0.1, 0.15) is 13.2 Å². The lowest BCUT2D eigenvalue weighted by Gasteiger charge is -2.18. The zero-order valence-corrected chi connectivity index (χ0v) is 41.6. The van der Waals surface area contributed by atoms with Gasteiger partial charge in [-0.05, 0) is 25.2 Å². The molecule has 0 rings (SSSR count). The highest BCUT2D eigenvalue weighted by molar-refractivity contribution is 5.71. The third-order valence-corrected chi connectivity index (χ3v) is 12.5. The highest BCUT2D eigenvalue weighted by Crippen LogP contribution is 2.17. The standard InChI is InChI=1S/C55H106O6/c1-5-7-9-11-13-15-17-19-20-23-28-32-36-40-44-48-55(58)61-52(49-59-53(56)46-42-38-34-30-26-18-16-14-12-10-8-6-2)50-60-54(57)47-43-39-35-31-27-24-21-22-25-29-33-37-41-45-51(3)4/h51-52H,5-50H2,1-4H3/t52-/m1/s1. The normalized spacial score (nSPS) is 12.0. The molecule has 0 aliphatic heterocycles. The van der Waals surface area contributed by atoms with Crippen molar-refractivity contribution in [3.63, 3.8) is 0 Å². The summed E-state index contributed by atoms with van der Waals surface area (Å²) in [6.07, 6.45) is 52.3. The molecular weight excluding hydrogens is 757 g/mol. The van der Waals surface area contributed by atoms with Crippen LogP contribution in [0.4, 0.5) is 0 Å². The minimum atomic E-state index is -0.761.